The zero-order valence-corrected chi connectivity index (χ0v) is 17.1. The molecular weight excluding hydrogens is 362 g/mol. The summed E-state index contributed by atoms with van der Waals surface area (Å²) in [5, 5.41) is 9.60. The van der Waals surface area contributed by atoms with E-state index < -0.39 is 0 Å². The Kier molecular flexibility index (Phi) is 8.11. The molecule has 2 saturated heterocycles. The number of anilines is 1. The molecule has 0 saturated carbocycles. The maximum atomic E-state index is 12.3. The van der Waals surface area contributed by atoms with Gasteiger partial charge in [0.2, 0.25) is 11.8 Å². The van der Waals surface area contributed by atoms with Gasteiger partial charge < -0.3 is 16.0 Å². The number of hydrogen-bond donors (Lipinski definition) is 3. The van der Waals surface area contributed by atoms with Gasteiger partial charge in [0, 0.05) is 36.7 Å². The maximum absolute atomic E-state index is 12.3. The van der Waals surface area contributed by atoms with Crippen LogP contribution in [0.3, 0.4) is 0 Å². The molecular formula is C21H32ClN3O2. The highest BCUT2D eigenvalue weighted by molar-refractivity contribution is 5.92. The van der Waals surface area contributed by atoms with Crippen LogP contribution < -0.4 is 16.0 Å². The lowest BCUT2D eigenvalue weighted by Crippen LogP contribution is -2.39. The Balaban J connectivity index is 0.00000261. The average Bonchev–Trinajstić information content (AvgIpc) is 2.98. The van der Waals surface area contributed by atoms with E-state index in [1.54, 1.807) is 0 Å². The van der Waals surface area contributed by atoms with Crippen LogP contribution >= 0.6 is 12.4 Å². The number of amides is 2. The predicted molar refractivity (Wildman–Crippen MR) is 111 cm³/mol. The van der Waals surface area contributed by atoms with E-state index >= 15 is 0 Å². The lowest BCUT2D eigenvalue weighted by Gasteiger charge is -2.28. The van der Waals surface area contributed by atoms with E-state index in [0.717, 1.165) is 30.5 Å². The van der Waals surface area contributed by atoms with E-state index in [4.69, 9.17) is 0 Å². The third-order valence-corrected chi connectivity index (χ3v) is 5.79. The van der Waals surface area contributed by atoms with Gasteiger partial charge in [-0.2, -0.15) is 0 Å². The minimum atomic E-state index is -0.00126. The van der Waals surface area contributed by atoms with Crippen molar-refractivity contribution in [3.63, 3.8) is 0 Å². The number of carbonyl (C=O) groups is 2. The first kappa shape index (κ1) is 21.7. The lowest BCUT2D eigenvalue weighted by atomic mass is 9.89. The standard InChI is InChI=1S/C21H31N3O2.ClH/c1-3-14(2)21(26)24-17-6-4-5-15(9-17)13-22-20(25)12-16-10-18-7-8-19(11-16)23-18;/h4-6,9,14,16,18-19,23H,3,7-8,10-13H2,1-2H3,(H,22,25)(H,24,26);1H. The molecule has 2 aliphatic rings. The summed E-state index contributed by atoms with van der Waals surface area (Å²) < 4.78 is 0. The summed E-state index contributed by atoms with van der Waals surface area (Å²) in [4.78, 5) is 24.3. The Bertz CT molecular complexity index is 640. The highest BCUT2D eigenvalue weighted by Gasteiger charge is 2.34. The first-order valence-electron chi connectivity index (χ1n) is 9.96. The molecule has 0 aliphatic carbocycles. The number of halogens is 1. The summed E-state index contributed by atoms with van der Waals surface area (Å²) in [6.45, 7) is 4.43. The van der Waals surface area contributed by atoms with Crippen molar-refractivity contribution in [1.29, 1.82) is 0 Å². The molecule has 6 heteroatoms. The SMILES string of the molecule is CCC(C)C(=O)Nc1cccc(CNC(=O)CC2CC3CCC(C2)N3)c1.Cl. The summed E-state index contributed by atoms with van der Waals surface area (Å²) in [7, 11) is 0. The summed E-state index contributed by atoms with van der Waals surface area (Å²) in [5.74, 6) is 0.674. The van der Waals surface area contributed by atoms with Crippen molar-refractivity contribution in [2.45, 2.75) is 71.0 Å². The van der Waals surface area contributed by atoms with E-state index in [9.17, 15) is 9.59 Å². The minimum Gasteiger partial charge on any atom is -0.352 e. The van der Waals surface area contributed by atoms with Gasteiger partial charge in [-0.15, -0.1) is 12.4 Å². The molecule has 1 aromatic carbocycles. The zero-order chi connectivity index (χ0) is 18.5. The molecule has 3 N–H and O–H groups in total. The number of nitrogens with one attached hydrogen (secondary N) is 3. The van der Waals surface area contributed by atoms with Crippen LogP contribution in [0.1, 0.15) is 57.9 Å². The van der Waals surface area contributed by atoms with Crippen LogP contribution in [0.5, 0.6) is 0 Å². The Morgan fingerprint density at radius 3 is 2.59 bits per heavy atom. The Hall–Kier alpha value is -1.59. The molecule has 2 amide bonds. The van der Waals surface area contributed by atoms with Crippen LogP contribution in [0, 0.1) is 11.8 Å². The molecule has 2 heterocycles. The smallest absolute Gasteiger partial charge is 0.227 e. The van der Waals surface area contributed by atoms with Crippen molar-refractivity contribution in [2.75, 3.05) is 5.32 Å². The molecule has 3 atom stereocenters. The normalized spacial score (nSPS) is 24.6. The highest BCUT2D eigenvalue weighted by Crippen LogP contribution is 2.32. The second kappa shape index (κ2) is 10.1. The molecule has 27 heavy (non-hydrogen) atoms. The molecule has 2 bridgehead atoms. The molecule has 2 aliphatic heterocycles. The third kappa shape index (κ3) is 6.22. The molecule has 150 valence electrons. The average molecular weight is 394 g/mol. The van der Waals surface area contributed by atoms with Crippen LogP contribution in [0.15, 0.2) is 24.3 Å². The van der Waals surface area contributed by atoms with Gasteiger partial charge in [0.15, 0.2) is 0 Å². The van der Waals surface area contributed by atoms with Crippen molar-refractivity contribution in [3.05, 3.63) is 29.8 Å². The second-order valence-electron chi connectivity index (χ2n) is 7.96. The summed E-state index contributed by atoms with van der Waals surface area (Å²) in [6.07, 6.45) is 6.22. The van der Waals surface area contributed by atoms with E-state index in [1.165, 1.54) is 12.8 Å². The van der Waals surface area contributed by atoms with Gasteiger partial charge in [-0.25, -0.2) is 0 Å². The van der Waals surface area contributed by atoms with Crippen molar-refractivity contribution in [3.8, 4) is 0 Å². The fraction of sp³-hybridized carbons (Fsp3) is 0.619. The number of carbonyl (C=O) groups excluding carboxylic acids is 2. The van der Waals surface area contributed by atoms with Gasteiger partial charge in [-0.3, -0.25) is 9.59 Å². The van der Waals surface area contributed by atoms with E-state index in [2.05, 4.69) is 16.0 Å². The topological polar surface area (TPSA) is 70.2 Å². The Morgan fingerprint density at radius 1 is 1.22 bits per heavy atom. The van der Waals surface area contributed by atoms with Crippen molar-refractivity contribution >= 4 is 29.9 Å². The molecule has 0 radical (unpaired) electrons. The van der Waals surface area contributed by atoms with E-state index in [1.807, 2.05) is 38.1 Å². The maximum Gasteiger partial charge on any atom is 0.227 e. The number of benzene rings is 1. The molecule has 3 rings (SSSR count). The largest absolute Gasteiger partial charge is 0.352 e. The predicted octanol–water partition coefficient (Wildman–Crippen LogP) is 3.63. The van der Waals surface area contributed by atoms with Gasteiger partial charge in [0.25, 0.3) is 0 Å². The van der Waals surface area contributed by atoms with Crippen molar-refractivity contribution in [1.82, 2.24) is 10.6 Å². The quantitative estimate of drug-likeness (QED) is 0.662. The van der Waals surface area contributed by atoms with Crippen LogP contribution in [-0.4, -0.2) is 23.9 Å². The van der Waals surface area contributed by atoms with Crippen molar-refractivity contribution < 1.29 is 9.59 Å². The highest BCUT2D eigenvalue weighted by atomic mass is 35.5. The number of rotatable bonds is 7. The van der Waals surface area contributed by atoms with Crippen LogP contribution in [0.25, 0.3) is 0 Å². The number of piperidine rings is 1. The number of hydrogen-bond acceptors (Lipinski definition) is 3. The van der Waals surface area contributed by atoms with Gasteiger partial charge in [-0.1, -0.05) is 26.0 Å². The van der Waals surface area contributed by atoms with Crippen LogP contribution in [0.4, 0.5) is 5.69 Å². The molecule has 0 spiro atoms. The van der Waals surface area contributed by atoms with Crippen LogP contribution in [0.2, 0.25) is 0 Å². The first-order valence-corrected chi connectivity index (χ1v) is 9.96. The monoisotopic (exact) mass is 393 g/mol. The zero-order valence-electron chi connectivity index (χ0n) is 16.3. The fourth-order valence-corrected chi connectivity index (χ4v) is 4.09. The minimum absolute atomic E-state index is 0. The first-order chi connectivity index (χ1) is 12.5. The molecule has 0 aromatic heterocycles. The molecule has 3 unspecified atom stereocenters. The third-order valence-electron chi connectivity index (χ3n) is 5.79. The lowest BCUT2D eigenvalue weighted by molar-refractivity contribution is -0.122. The fourth-order valence-electron chi connectivity index (χ4n) is 4.09. The Morgan fingerprint density at radius 2 is 1.93 bits per heavy atom. The molecule has 2 fully saturated rings. The van der Waals surface area contributed by atoms with Gasteiger partial charge >= 0.3 is 0 Å². The Labute approximate surface area is 168 Å². The second-order valence-corrected chi connectivity index (χ2v) is 7.96. The summed E-state index contributed by atoms with van der Waals surface area (Å²) in [6, 6.07) is 8.96. The van der Waals surface area contributed by atoms with Gasteiger partial charge in [0.05, 0.1) is 0 Å². The van der Waals surface area contributed by atoms with Crippen molar-refractivity contribution in [2.24, 2.45) is 11.8 Å². The van der Waals surface area contributed by atoms with E-state index in [-0.39, 0.29) is 30.1 Å². The van der Waals surface area contributed by atoms with Crippen LogP contribution in [-0.2, 0) is 16.1 Å². The summed E-state index contributed by atoms with van der Waals surface area (Å²) >= 11 is 0. The number of fused-ring (bicyclic) bond motifs is 2. The molecule has 5 nitrogen and oxygen atoms in total. The van der Waals surface area contributed by atoms with E-state index in [0.29, 0.717) is 31.0 Å². The molecule has 1 aromatic rings. The van der Waals surface area contributed by atoms with Gasteiger partial charge in [0.1, 0.15) is 0 Å². The van der Waals surface area contributed by atoms with Gasteiger partial charge in [-0.05, 0) is 55.7 Å². The summed E-state index contributed by atoms with van der Waals surface area (Å²) in [5.41, 5.74) is 1.79.